The first-order valence-electron chi connectivity index (χ1n) is 8.35. The van der Waals surface area contributed by atoms with E-state index >= 15 is 0 Å². The molecule has 0 aliphatic carbocycles. The molecule has 5 heteroatoms. The van der Waals surface area contributed by atoms with E-state index in [0.717, 1.165) is 33.9 Å². The second-order valence-corrected chi connectivity index (χ2v) is 5.79. The Kier molecular flexibility index (Phi) is 4.08. The highest BCUT2D eigenvalue weighted by molar-refractivity contribution is 5.67. The van der Waals surface area contributed by atoms with Gasteiger partial charge >= 0.3 is 0 Å². The van der Waals surface area contributed by atoms with Crippen molar-refractivity contribution in [3.05, 3.63) is 72.7 Å². The summed E-state index contributed by atoms with van der Waals surface area (Å²) in [6.07, 6.45) is 5.55. The van der Waals surface area contributed by atoms with Gasteiger partial charge in [0.1, 0.15) is 5.75 Å². The molecule has 0 saturated heterocycles. The van der Waals surface area contributed by atoms with Crippen molar-refractivity contribution in [1.82, 2.24) is 14.4 Å². The fourth-order valence-corrected chi connectivity index (χ4v) is 2.88. The number of imidazole rings is 1. The van der Waals surface area contributed by atoms with Crippen LogP contribution >= 0.6 is 0 Å². The minimum Gasteiger partial charge on any atom is -0.494 e. The summed E-state index contributed by atoms with van der Waals surface area (Å²) >= 11 is 0. The minimum absolute atomic E-state index is 0.625. The molecule has 0 saturated carbocycles. The van der Waals surface area contributed by atoms with Gasteiger partial charge < -0.3 is 4.74 Å². The maximum absolute atomic E-state index is 8.97. The fraction of sp³-hybridized carbons (Fsp3) is 0.0952. The molecule has 5 nitrogen and oxygen atoms in total. The van der Waals surface area contributed by atoms with E-state index in [9.17, 15) is 0 Å². The molecule has 2 heterocycles. The van der Waals surface area contributed by atoms with Crippen LogP contribution in [0.3, 0.4) is 0 Å². The zero-order chi connectivity index (χ0) is 17.9. The fourth-order valence-electron chi connectivity index (χ4n) is 2.88. The highest BCUT2D eigenvalue weighted by Crippen LogP contribution is 2.26. The van der Waals surface area contributed by atoms with Crippen LogP contribution in [0.15, 0.2) is 67.1 Å². The van der Waals surface area contributed by atoms with E-state index in [1.165, 1.54) is 0 Å². The van der Waals surface area contributed by atoms with Crippen LogP contribution < -0.4 is 4.74 Å². The monoisotopic (exact) mass is 340 g/mol. The minimum atomic E-state index is 0.625. The summed E-state index contributed by atoms with van der Waals surface area (Å²) < 4.78 is 7.59. The van der Waals surface area contributed by atoms with E-state index in [0.29, 0.717) is 12.2 Å². The number of rotatable bonds is 4. The molecule has 0 fully saturated rings. The van der Waals surface area contributed by atoms with Gasteiger partial charge in [0.25, 0.3) is 0 Å². The van der Waals surface area contributed by atoms with E-state index in [-0.39, 0.29) is 0 Å². The molecule has 0 spiro atoms. The van der Waals surface area contributed by atoms with E-state index in [4.69, 9.17) is 10.00 Å². The quantitative estimate of drug-likeness (QED) is 0.554. The summed E-state index contributed by atoms with van der Waals surface area (Å²) in [5, 5.41) is 8.97. The number of hydrogen-bond acceptors (Lipinski definition) is 4. The Morgan fingerprint density at radius 2 is 1.88 bits per heavy atom. The van der Waals surface area contributed by atoms with Gasteiger partial charge in [-0.3, -0.25) is 9.38 Å². The molecule has 126 valence electrons. The summed E-state index contributed by atoms with van der Waals surface area (Å²) in [7, 11) is 0. The maximum atomic E-state index is 8.97. The number of fused-ring (bicyclic) bond motifs is 1. The van der Waals surface area contributed by atoms with Crippen LogP contribution in [0.4, 0.5) is 0 Å². The van der Waals surface area contributed by atoms with Crippen LogP contribution in [-0.4, -0.2) is 21.0 Å². The summed E-state index contributed by atoms with van der Waals surface area (Å²) in [4.78, 5) is 8.96. The van der Waals surface area contributed by atoms with E-state index in [2.05, 4.69) is 16.0 Å². The highest BCUT2D eigenvalue weighted by Gasteiger charge is 2.09. The predicted octanol–water partition coefficient (Wildman–Crippen LogP) is 4.33. The highest BCUT2D eigenvalue weighted by atomic mass is 16.5. The van der Waals surface area contributed by atoms with E-state index in [1.807, 2.05) is 72.2 Å². The van der Waals surface area contributed by atoms with Crippen molar-refractivity contribution in [3.8, 4) is 34.3 Å². The molecule has 4 rings (SSSR count). The van der Waals surface area contributed by atoms with Gasteiger partial charge in [0, 0.05) is 17.3 Å². The molecule has 0 N–H and O–H groups in total. The van der Waals surface area contributed by atoms with Crippen LogP contribution in [0.25, 0.3) is 28.2 Å². The second kappa shape index (κ2) is 6.69. The molecule has 0 radical (unpaired) electrons. The SMILES string of the molecule is CCOc1cccc(-c2cn3c(-c4ccc(C#N)cc4)cnc3cn2)c1. The van der Waals surface area contributed by atoms with Crippen LogP contribution in [0.2, 0.25) is 0 Å². The number of aromatic nitrogens is 3. The van der Waals surface area contributed by atoms with Gasteiger partial charge in [0.05, 0.1) is 42.0 Å². The van der Waals surface area contributed by atoms with Gasteiger partial charge in [0.2, 0.25) is 0 Å². The van der Waals surface area contributed by atoms with Crippen molar-refractivity contribution in [1.29, 1.82) is 5.26 Å². The molecule has 0 aliphatic rings. The number of nitrogens with zero attached hydrogens (tertiary/aromatic N) is 4. The summed E-state index contributed by atoms with van der Waals surface area (Å²) in [5.41, 5.74) is 5.18. The van der Waals surface area contributed by atoms with E-state index < -0.39 is 0 Å². The third kappa shape index (κ3) is 2.89. The van der Waals surface area contributed by atoms with Crippen molar-refractivity contribution in [3.63, 3.8) is 0 Å². The molecule has 0 amide bonds. The maximum Gasteiger partial charge on any atom is 0.155 e. The lowest BCUT2D eigenvalue weighted by Crippen LogP contribution is -1.94. The molecule has 4 aromatic rings. The molecule has 0 bridgehead atoms. The van der Waals surface area contributed by atoms with Gasteiger partial charge in [-0.2, -0.15) is 5.26 Å². The number of benzene rings is 2. The molecule has 26 heavy (non-hydrogen) atoms. The summed E-state index contributed by atoms with van der Waals surface area (Å²) in [5.74, 6) is 0.824. The molecule has 2 aromatic carbocycles. The van der Waals surface area contributed by atoms with Crippen LogP contribution in [0.1, 0.15) is 12.5 Å². The zero-order valence-electron chi connectivity index (χ0n) is 14.3. The van der Waals surface area contributed by atoms with Gasteiger partial charge in [-0.15, -0.1) is 0 Å². The Labute approximate surface area is 151 Å². The smallest absolute Gasteiger partial charge is 0.155 e. The number of hydrogen-bond donors (Lipinski definition) is 0. The summed E-state index contributed by atoms with van der Waals surface area (Å²) in [6, 6.07) is 17.5. The first-order valence-corrected chi connectivity index (χ1v) is 8.35. The van der Waals surface area contributed by atoms with Gasteiger partial charge in [0.15, 0.2) is 5.65 Å². The zero-order valence-corrected chi connectivity index (χ0v) is 14.3. The molecule has 0 aliphatic heterocycles. The first kappa shape index (κ1) is 15.9. The Morgan fingerprint density at radius 3 is 2.65 bits per heavy atom. The first-order chi connectivity index (χ1) is 12.8. The standard InChI is InChI=1S/C21H16N4O/c1-2-26-18-5-3-4-17(10-18)19-14-25-20(12-24-21(25)13-23-19)16-8-6-15(11-22)7-9-16/h3-10,12-14H,2H2,1H3. The largest absolute Gasteiger partial charge is 0.494 e. The van der Waals surface area contributed by atoms with E-state index in [1.54, 1.807) is 6.20 Å². The van der Waals surface area contributed by atoms with Crippen molar-refractivity contribution in [2.24, 2.45) is 0 Å². The Morgan fingerprint density at radius 1 is 1.04 bits per heavy atom. The predicted molar refractivity (Wildman–Crippen MR) is 99.7 cm³/mol. The average Bonchev–Trinajstić information content (AvgIpc) is 3.12. The third-order valence-electron chi connectivity index (χ3n) is 4.15. The number of ether oxygens (including phenoxy) is 1. The molecule has 2 aromatic heterocycles. The molecular weight excluding hydrogens is 324 g/mol. The van der Waals surface area contributed by atoms with Crippen LogP contribution in [0, 0.1) is 11.3 Å². The van der Waals surface area contributed by atoms with Gasteiger partial charge in [-0.05, 0) is 31.2 Å². The lowest BCUT2D eigenvalue weighted by Gasteiger charge is -2.07. The lowest BCUT2D eigenvalue weighted by molar-refractivity contribution is 0.340. The van der Waals surface area contributed by atoms with Crippen molar-refractivity contribution < 1.29 is 4.74 Å². The van der Waals surface area contributed by atoms with Crippen molar-refractivity contribution in [2.45, 2.75) is 6.92 Å². The normalized spacial score (nSPS) is 10.6. The van der Waals surface area contributed by atoms with Crippen molar-refractivity contribution in [2.75, 3.05) is 6.61 Å². The molecule has 0 unspecified atom stereocenters. The van der Waals surface area contributed by atoms with Gasteiger partial charge in [-0.25, -0.2) is 4.98 Å². The Bertz CT molecular complexity index is 1110. The average molecular weight is 340 g/mol. The van der Waals surface area contributed by atoms with Gasteiger partial charge in [-0.1, -0.05) is 24.3 Å². The lowest BCUT2D eigenvalue weighted by atomic mass is 10.1. The Balaban J connectivity index is 1.79. The Hall–Kier alpha value is -3.65. The van der Waals surface area contributed by atoms with Crippen LogP contribution in [0.5, 0.6) is 5.75 Å². The molecular formula is C21H16N4O. The van der Waals surface area contributed by atoms with Crippen LogP contribution in [-0.2, 0) is 0 Å². The topological polar surface area (TPSA) is 63.2 Å². The number of nitriles is 1. The summed E-state index contributed by atoms with van der Waals surface area (Å²) in [6.45, 7) is 2.59. The second-order valence-electron chi connectivity index (χ2n) is 5.79. The van der Waals surface area contributed by atoms with Crippen molar-refractivity contribution >= 4 is 5.65 Å². The molecule has 0 atom stereocenters. The third-order valence-corrected chi connectivity index (χ3v) is 4.15.